The van der Waals surface area contributed by atoms with Gasteiger partial charge in [0, 0.05) is 11.3 Å². The maximum atomic E-state index is 12.4. The Bertz CT molecular complexity index is 859. The number of benzene rings is 2. The number of anilines is 1. The van der Waals surface area contributed by atoms with Crippen LogP contribution in [0.25, 0.3) is 0 Å². The van der Waals surface area contributed by atoms with Crippen LogP contribution in [0.5, 0.6) is 0 Å². The molecule has 0 saturated carbocycles. The quantitative estimate of drug-likeness (QED) is 0.827. The maximum Gasteiger partial charge on any atom is 0.251 e. The number of nitrogens with one attached hydrogen (secondary N) is 2. The number of hydrogen-bond acceptors (Lipinski definition) is 3. The van der Waals surface area contributed by atoms with E-state index in [9.17, 15) is 13.2 Å². The molecule has 0 aliphatic rings. The molecule has 2 N–H and O–H groups in total. The van der Waals surface area contributed by atoms with Crippen molar-refractivity contribution in [1.29, 1.82) is 0 Å². The highest BCUT2D eigenvalue weighted by Crippen LogP contribution is 2.19. The van der Waals surface area contributed by atoms with Crippen LogP contribution < -0.4 is 10.0 Å². The summed E-state index contributed by atoms with van der Waals surface area (Å²) in [5.41, 5.74) is 4.32. The SMILES string of the molecule is CCS(=O)(=O)Nc1ccc(C(=O)N[C@H](C)c2ccc(C)cc2C)cc1. The van der Waals surface area contributed by atoms with Crippen LogP contribution in [-0.4, -0.2) is 20.1 Å². The second-order valence-corrected chi connectivity index (χ2v) is 8.15. The van der Waals surface area contributed by atoms with Gasteiger partial charge in [0.15, 0.2) is 0 Å². The van der Waals surface area contributed by atoms with Crippen LogP contribution in [0.1, 0.15) is 46.9 Å². The molecule has 1 amide bonds. The Balaban J connectivity index is 2.08. The Hall–Kier alpha value is -2.34. The van der Waals surface area contributed by atoms with Gasteiger partial charge in [-0.05, 0) is 63.1 Å². The van der Waals surface area contributed by atoms with Gasteiger partial charge in [0.1, 0.15) is 0 Å². The molecule has 0 bridgehead atoms. The van der Waals surface area contributed by atoms with E-state index in [1.165, 1.54) is 5.56 Å². The summed E-state index contributed by atoms with van der Waals surface area (Å²) in [5, 5.41) is 2.97. The zero-order chi connectivity index (χ0) is 18.6. The first-order valence-electron chi connectivity index (χ1n) is 8.20. The molecule has 2 aromatic rings. The van der Waals surface area contributed by atoms with Gasteiger partial charge in [-0.3, -0.25) is 9.52 Å². The number of aryl methyl sites for hydroxylation is 2. The van der Waals surface area contributed by atoms with Crippen LogP contribution in [0.2, 0.25) is 0 Å². The van der Waals surface area contributed by atoms with Gasteiger partial charge in [-0.25, -0.2) is 8.42 Å². The molecule has 2 rings (SSSR count). The van der Waals surface area contributed by atoms with E-state index in [0.29, 0.717) is 11.3 Å². The number of sulfonamides is 1. The first-order chi connectivity index (χ1) is 11.7. The predicted molar refractivity (Wildman–Crippen MR) is 101 cm³/mol. The van der Waals surface area contributed by atoms with Gasteiger partial charge >= 0.3 is 0 Å². The molecular weight excluding hydrogens is 336 g/mol. The van der Waals surface area contributed by atoms with E-state index < -0.39 is 10.0 Å². The molecule has 0 spiro atoms. The fraction of sp³-hybridized carbons (Fsp3) is 0.316. The summed E-state index contributed by atoms with van der Waals surface area (Å²) >= 11 is 0. The van der Waals surface area contributed by atoms with Gasteiger partial charge in [-0.15, -0.1) is 0 Å². The van der Waals surface area contributed by atoms with E-state index in [1.807, 2.05) is 32.9 Å². The van der Waals surface area contributed by atoms with E-state index >= 15 is 0 Å². The lowest BCUT2D eigenvalue weighted by Crippen LogP contribution is -2.27. The Morgan fingerprint density at radius 3 is 2.28 bits per heavy atom. The van der Waals surface area contributed by atoms with Crippen LogP contribution in [0.4, 0.5) is 5.69 Å². The van der Waals surface area contributed by atoms with Gasteiger partial charge in [-0.2, -0.15) is 0 Å². The van der Waals surface area contributed by atoms with Crippen molar-refractivity contribution in [3.05, 3.63) is 64.7 Å². The smallest absolute Gasteiger partial charge is 0.251 e. The summed E-state index contributed by atoms with van der Waals surface area (Å²) in [6, 6.07) is 12.4. The Morgan fingerprint density at radius 2 is 1.72 bits per heavy atom. The van der Waals surface area contributed by atoms with E-state index in [1.54, 1.807) is 31.2 Å². The van der Waals surface area contributed by atoms with Crippen LogP contribution in [0, 0.1) is 13.8 Å². The highest BCUT2D eigenvalue weighted by Gasteiger charge is 2.14. The van der Waals surface area contributed by atoms with E-state index in [2.05, 4.69) is 16.1 Å². The predicted octanol–water partition coefficient (Wildman–Crippen LogP) is 3.56. The van der Waals surface area contributed by atoms with Crippen molar-refractivity contribution in [3.8, 4) is 0 Å². The van der Waals surface area contributed by atoms with E-state index in [4.69, 9.17) is 0 Å². The summed E-state index contributed by atoms with van der Waals surface area (Å²) in [5.74, 6) is -0.194. The third-order valence-corrected chi connectivity index (χ3v) is 5.35. The van der Waals surface area contributed by atoms with Gasteiger partial charge in [0.2, 0.25) is 10.0 Å². The largest absolute Gasteiger partial charge is 0.346 e. The van der Waals surface area contributed by atoms with Gasteiger partial charge < -0.3 is 5.32 Å². The summed E-state index contributed by atoms with van der Waals surface area (Å²) in [4.78, 5) is 12.4. The van der Waals surface area contributed by atoms with Crippen molar-refractivity contribution >= 4 is 21.6 Å². The highest BCUT2D eigenvalue weighted by atomic mass is 32.2. The molecule has 0 aliphatic carbocycles. The molecule has 0 radical (unpaired) electrons. The zero-order valence-electron chi connectivity index (χ0n) is 15.0. The lowest BCUT2D eigenvalue weighted by molar-refractivity contribution is 0.0940. The fourth-order valence-electron chi connectivity index (χ4n) is 2.61. The van der Waals surface area contributed by atoms with Gasteiger partial charge in [0.25, 0.3) is 5.91 Å². The van der Waals surface area contributed by atoms with Crippen molar-refractivity contribution in [1.82, 2.24) is 5.32 Å². The molecule has 0 aromatic heterocycles. The number of carbonyl (C=O) groups excluding carboxylic acids is 1. The Kier molecular flexibility index (Phi) is 5.85. The summed E-state index contributed by atoms with van der Waals surface area (Å²) < 4.78 is 25.6. The highest BCUT2D eigenvalue weighted by molar-refractivity contribution is 7.92. The van der Waals surface area contributed by atoms with Crippen LogP contribution in [-0.2, 0) is 10.0 Å². The lowest BCUT2D eigenvalue weighted by Gasteiger charge is -2.17. The van der Waals surface area contributed by atoms with E-state index in [0.717, 1.165) is 11.1 Å². The third kappa shape index (κ3) is 5.06. The first-order valence-corrected chi connectivity index (χ1v) is 9.85. The summed E-state index contributed by atoms with van der Waals surface area (Å²) in [7, 11) is -3.32. The topological polar surface area (TPSA) is 75.3 Å². The molecule has 6 heteroatoms. The Morgan fingerprint density at radius 1 is 1.08 bits per heavy atom. The van der Waals surface area contributed by atoms with Crippen LogP contribution in [0.15, 0.2) is 42.5 Å². The minimum Gasteiger partial charge on any atom is -0.346 e. The van der Waals surface area contributed by atoms with Crippen molar-refractivity contribution in [2.45, 2.75) is 33.7 Å². The molecule has 0 heterocycles. The van der Waals surface area contributed by atoms with Crippen molar-refractivity contribution in [2.75, 3.05) is 10.5 Å². The van der Waals surface area contributed by atoms with Gasteiger partial charge in [-0.1, -0.05) is 23.8 Å². The molecule has 0 saturated heterocycles. The van der Waals surface area contributed by atoms with Crippen LogP contribution in [0.3, 0.4) is 0 Å². The van der Waals surface area contributed by atoms with Crippen molar-refractivity contribution in [3.63, 3.8) is 0 Å². The van der Waals surface area contributed by atoms with E-state index in [-0.39, 0.29) is 17.7 Å². The second-order valence-electron chi connectivity index (χ2n) is 6.14. The maximum absolute atomic E-state index is 12.4. The van der Waals surface area contributed by atoms with Crippen molar-refractivity contribution in [2.24, 2.45) is 0 Å². The van der Waals surface area contributed by atoms with Crippen molar-refractivity contribution < 1.29 is 13.2 Å². The zero-order valence-corrected chi connectivity index (χ0v) is 15.8. The van der Waals surface area contributed by atoms with Gasteiger partial charge in [0.05, 0.1) is 11.8 Å². The molecule has 2 aromatic carbocycles. The number of amides is 1. The monoisotopic (exact) mass is 360 g/mol. The minimum absolute atomic E-state index is 0.00263. The molecule has 5 nitrogen and oxygen atoms in total. The normalized spacial score (nSPS) is 12.5. The third-order valence-electron chi connectivity index (χ3n) is 4.04. The molecule has 0 unspecified atom stereocenters. The molecule has 1 atom stereocenters. The first kappa shape index (κ1) is 19.0. The molecule has 0 fully saturated rings. The number of rotatable bonds is 6. The molecule has 25 heavy (non-hydrogen) atoms. The summed E-state index contributed by atoms with van der Waals surface area (Å²) in [6.07, 6.45) is 0. The molecular formula is C19H24N2O3S. The number of carbonyl (C=O) groups is 1. The fourth-order valence-corrected chi connectivity index (χ4v) is 3.25. The number of hydrogen-bond donors (Lipinski definition) is 2. The average Bonchev–Trinajstić information content (AvgIpc) is 2.55. The standard InChI is InChI=1S/C19H24N2O3S/c1-5-25(23,24)21-17-9-7-16(8-10-17)19(22)20-15(4)18-11-6-13(2)12-14(18)3/h6-12,15,21H,5H2,1-4H3,(H,20,22)/t15-/m1/s1. The lowest BCUT2D eigenvalue weighted by atomic mass is 10.00. The Labute approximate surface area is 149 Å². The molecule has 0 aliphatic heterocycles. The second kappa shape index (κ2) is 7.70. The molecule has 134 valence electrons. The minimum atomic E-state index is -3.32. The van der Waals surface area contributed by atoms with Crippen LogP contribution >= 0.6 is 0 Å². The average molecular weight is 360 g/mol. The summed E-state index contributed by atoms with van der Waals surface area (Å²) in [6.45, 7) is 7.58.